The van der Waals surface area contributed by atoms with Crippen LogP contribution in [-0.2, 0) is 27.3 Å². The molecule has 0 spiro atoms. The molecule has 1 N–H and O–H groups in total. The Bertz CT molecular complexity index is 931. The van der Waals surface area contributed by atoms with E-state index in [1.807, 2.05) is 0 Å². The largest absolute Gasteiger partial charge is 0.467 e. The molecule has 2 aliphatic heterocycles. The van der Waals surface area contributed by atoms with Gasteiger partial charge in [-0.25, -0.2) is 9.78 Å². The molecule has 27 heavy (non-hydrogen) atoms. The number of nitrogens with one attached hydrogen (secondary N) is 1. The van der Waals surface area contributed by atoms with E-state index in [1.54, 1.807) is 24.3 Å². The summed E-state index contributed by atoms with van der Waals surface area (Å²) in [6, 6.07) is 5.57. The van der Waals surface area contributed by atoms with Crippen LogP contribution in [0, 0.1) is 0 Å². The van der Waals surface area contributed by atoms with E-state index in [9.17, 15) is 19.2 Å². The van der Waals surface area contributed by atoms with Crippen LogP contribution >= 0.6 is 0 Å². The maximum Gasteiger partial charge on any atom is 0.329 e. The lowest BCUT2D eigenvalue weighted by atomic mass is 10.0. The van der Waals surface area contributed by atoms with E-state index < -0.39 is 36.3 Å². The summed E-state index contributed by atoms with van der Waals surface area (Å²) in [5.41, 5.74) is 1.95. The average Bonchev–Trinajstić information content (AvgIpc) is 3.24. The van der Waals surface area contributed by atoms with Crippen LogP contribution in [0.25, 0.3) is 0 Å². The van der Waals surface area contributed by atoms with E-state index in [4.69, 9.17) is 4.74 Å². The van der Waals surface area contributed by atoms with Crippen LogP contribution in [0.1, 0.15) is 32.1 Å². The van der Waals surface area contributed by atoms with Crippen LogP contribution in [0.5, 0.6) is 0 Å². The number of nitrogens with zero attached hydrogens (tertiary/aromatic N) is 3. The molecule has 138 valence electrons. The van der Waals surface area contributed by atoms with Crippen molar-refractivity contribution >= 4 is 23.7 Å². The second-order valence-corrected chi connectivity index (χ2v) is 6.33. The number of imidazole rings is 1. The van der Waals surface area contributed by atoms with Crippen LogP contribution in [0.2, 0.25) is 0 Å². The number of H-pyrrole nitrogens is 1. The molecule has 0 fully saturated rings. The summed E-state index contributed by atoms with van der Waals surface area (Å²) in [6.45, 7) is -0.319. The summed E-state index contributed by atoms with van der Waals surface area (Å²) in [7, 11) is 1.25. The number of methoxy groups -OCH3 is 1. The lowest BCUT2D eigenvalue weighted by Crippen LogP contribution is -2.52. The van der Waals surface area contributed by atoms with Crippen LogP contribution in [-0.4, -0.2) is 63.2 Å². The predicted octanol–water partition coefficient (Wildman–Crippen LogP) is 0.132. The van der Waals surface area contributed by atoms with Gasteiger partial charge in [-0.1, -0.05) is 12.1 Å². The van der Waals surface area contributed by atoms with Gasteiger partial charge in [0.1, 0.15) is 12.6 Å². The number of aromatic nitrogens is 2. The highest BCUT2D eigenvalue weighted by molar-refractivity contribution is 6.22. The Morgan fingerprint density at radius 1 is 1.22 bits per heavy atom. The highest BCUT2D eigenvalue weighted by atomic mass is 16.5. The molecule has 9 heteroatoms. The van der Waals surface area contributed by atoms with Crippen molar-refractivity contribution in [1.29, 1.82) is 0 Å². The SMILES string of the molecule is COC(=O)C1Cc2nc[nH]c2CN1C(=O)CN1C(=O)c2ccccc2C1=O. The molecule has 3 amide bonds. The molecule has 3 heterocycles. The summed E-state index contributed by atoms with van der Waals surface area (Å²) < 4.78 is 4.81. The summed E-state index contributed by atoms with van der Waals surface area (Å²) in [5.74, 6) is -2.12. The molecule has 1 aromatic carbocycles. The molecule has 0 saturated heterocycles. The number of hydrogen-bond acceptors (Lipinski definition) is 6. The number of fused-ring (bicyclic) bond motifs is 2. The smallest absolute Gasteiger partial charge is 0.329 e. The first-order valence-electron chi connectivity index (χ1n) is 8.35. The second-order valence-electron chi connectivity index (χ2n) is 6.33. The first-order chi connectivity index (χ1) is 13.0. The fourth-order valence-corrected chi connectivity index (χ4v) is 3.45. The van der Waals surface area contributed by atoms with Gasteiger partial charge in [0.25, 0.3) is 11.8 Å². The van der Waals surface area contributed by atoms with E-state index in [1.165, 1.54) is 18.3 Å². The van der Waals surface area contributed by atoms with E-state index in [2.05, 4.69) is 9.97 Å². The molecule has 1 unspecified atom stereocenters. The van der Waals surface area contributed by atoms with E-state index >= 15 is 0 Å². The number of esters is 1. The highest BCUT2D eigenvalue weighted by Crippen LogP contribution is 2.25. The second kappa shape index (κ2) is 6.35. The third-order valence-corrected chi connectivity index (χ3v) is 4.86. The van der Waals surface area contributed by atoms with Gasteiger partial charge < -0.3 is 14.6 Å². The van der Waals surface area contributed by atoms with Gasteiger partial charge in [0.2, 0.25) is 5.91 Å². The third-order valence-electron chi connectivity index (χ3n) is 4.86. The van der Waals surface area contributed by atoms with Crippen molar-refractivity contribution in [3.8, 4) is 0 Å². The summed E-state index contributed by atoms with van der Waals surface area (Å²) in [6.07, 6.45) is 1.70. The first kappa shape index (κ1) is 17.0. The average molecular weight is 368 g/mol. The molecule has 0 aliphatic carbocycles. The van der Waals surface area contributed by atoms with Gasteiger partial charge in [-0.15, -0.1) is 0 Å². The molecule has 9 nitrogen and oxygen atoms in total. The zero-order chi connectivity index (χ0) is 19.1. The molecule has 0 bridgehead atoms. The van der Waals surface area contributed by atoms with E-state index in [-0.39, 0.29) is 24.1 Å². The van der Waals surface area contributed by atoms with Crippen LogP contribution in [0.3, 0.4) is 0 Å². The van der Waals surface area contributed by atoms with Crippen LogP contribution in [0.4, 0.5) is 0 Å². The Kier molecular flexibility index (Phi) is 3.98. The number of aromatic amines is 1. The van der Waals surface area contributed by atoms with Crippen molar-refractivity contribution in [3.05, 3.63) is 53.1 Å². The molecular weight excluding hydrogens is 352 g/mol. The van der Waals surface area contributed by atoms with Gasteiger partial charge in [-0.3, -0.25) is 19.3 Å². The lowest BCUT2D eigenvalue weighted by molar-refractivity contribution is -0.154. The summed E-state index contributed by atoms with van der Waals surface area (Å²) in [5, 5.41) is 0. The number of imide groups is 1. The normalized spacial score (nSPS) is 18.3. The molecule has 2 aliphatic rings. The number of amides is 3. The van der Waals surface area contributed by atoms with Crippen molar-refractivity contribution in [2.75, 3.05) is 13.7 Å². The zero-order valence-electron chi connectivity index (χ0n) is 14.5. The maximum atomic E-state index is 12.9. The van der Waals surface area contributed by atoms with Crippen molar-refractivity contribution in [2.45, 2.75) is 19.0 Å². The van der Waals surface area contributed by atoms with Crippen LogP contribution in [0.15, 0.2) is 30.6 Å². The molecule has 4 rings (SSSR count). The minimum absolute atomic E-state index is 0.122. The van der Waals surface area contributed by atoms with Crippen molar-refractivity contribution in [2.24, 2.45) is 0 Å². The first-order valence-corrected chi connectivity index (χ1v) is 8.35. The Morgan fingerprint density at radius 2 is 1.89 bits per heavy atom. The summed E-state index contributed by atoms with van der Waals surface area (Å²) >= 11 is 0. The highest BCUT2D eigenvalue weighted by Gasteiger charge is 2.41. The monoisotopic (exact) mass is 368 g/mol. The molecular formula is C18H16N4O5. The van der Waals surface area contributed by atoms with Crippen LogP contribution < -0.4 is 0 Å². The standard InChI is InChI=1S/C18H16N4O5/c1-27-18(26)14-6-12-13(20-9-19-12)7-21(14)15(23)8-22-16(24)10-4-2-3-5-11(10)17(22)25/h2-5,9,14H,6-8H2,1H3,(H,19,20). The van der Waals surface area contributed by atoms with Gasteiger partial charge >= 0.3 is 5.97 Å². The van der Waals surface area contributed by atoms with Crippen molar-refractivity contribution in [3.63, 3.8) is 0 Å². The van der Waals surface area contributed by atoms with E-state index in [0.29, 0.717) is 11.4 Å². The Hall–Kier alpha value is -3.49. The Labute approximate surface area is 153 Å². The predicted molar refractivity (Wildman–Crippen MR) is 90.5 cm³/mol. The number of carbonyl (C=O) groups excluding carboxylic acids is 4. The molecule has 0 radical (unpaired) electrons. The number of benzene rings is 1. The molecule has 0 saturated carbocycles. The minimum Gasteiger partial charge on any atom is -0.467 e. The molecule has 1 atom stereocenters. The molecule has 2 aromatic rings. The Balaban J connectivity index is 1.58. The maximum absolute atomic E-state index is 12.9. The number of hydrogen-bond donors (Lipinski definition) is 1. The number of ether oxygens (including phenoxy) is 1. The van der Waals surface area contributed by atoms with Crippen molar-refractivity contribution < 1.29 is 23.9 Å². The van der Waals surface area contributed by atoms with Gasteiger partial charge in [-0.05, 0) is 12.1 Å². The fraction of sp³-hybridized carbons (Fsp3) is 0.278. The topological polar surface area (TPSA) is 113 Å². The zero-order valence-corrected chi connectivity index (χ0v) is 14.5. The van der Waals surface area contributed by atoms with E-state index in [0.717, 1.165) is 4.90 Å². The van der Waals surface area contributed by atoms with Gasteiger partial charge in [-0.2, -0.15) is 0 Å². The Morgan fingerprint density at radius 3 is 2.52 bits per heavy atom. The van der Waals surface area contributed by atoms with Gasteiger partial charge in [0.15, 0.2) is 0 Å². The van der Waals surface area contributed by atoms with Gasteiger partial charge in [0.05, 0.1) is 42.5 Å². The number of carbonyl (C=O) groups is 4. The number of rotatable bonds is 3. The van der Waals surface area contributed by atoms with Crippen molar-refractivity contribution in [1.82, 2.24) is 19.8 Å². The summed E-state index contributed by atoms with van der Waals surface area (Å²) in [4.78, 5) is 59.3. The lowest BCUT2D eigenvalue weighted by Gasteiger charge is -2.33. The molecule has 1 aromatic heterocycles. The third kappa shape index (κ3) is 2.67. The minimum atomic E-state index is -0.853. The fourth-order valence-electron chi connectivity index (χ4n) is 3.45. The quantitative estimate of drug-likeness (QED) is 0.609. The van der Waals surface area contributed by atoms with Gasteiger partial charge in [0, 0.05) is 6.42 Å².